The van der Waals surface area contributed by atoms with E-state index in [1.807, 2.05) is 0 Å². The van der Waals surface area contributed by atoms with Gasteiger partial charge in [0.1, 0.15) is 6.10 Å². The van der Waals surface area contributed by atoms with Gasteiger partial charge in [0, 0.05) is 44.2 Å². The Morgan fingerprint density at radius 3 is 2.75 bits per heavy atom. The van der Waals surface area contributed by atoms with Crippen LogP contribution in [0.15, 0.2) is 11.1 Å². The Morgan fingerprint density at radius 2 is 2.02 bits per heavy atom. The minimum absolute atomic E-state index is 0.0176. The summed E-state index contributed by atoms with van der Waals surface area (Å²) in [6, 6.07) is 0.824. The van der Waals surface area contributed by atoms with Crippen molar-refractivity contribution in [1.29, 1.82) is 0 Å². The zero-order valence-corrected chi connectivity index (χ0v) is 24.6. The van der Waals surface area contributed by atoms with Crippen LogP contribution in [0.4, 0.5) is 0 Å². The maximum absolute atomic E-state index is 12.9. The molecule has 0 aromatic heterocycles. The lowest BCUT2D eigenvalue weighted by Crippen LogP contribution is -2.71. The number of fused-ring (bicyclic) bond motifs is 1. The number of morpholine rings is 1. The number of rotatable bonds is 11. The zero-order valence-electron chi connectivity index (χ0n) is 23.0. The van der Waals surface area contributed by atoms with Crippen molar-refractivity contribution in [3.05, 3.63) is 11.1 Å². The normalized spacial score (nSPS) is 36.4. The van der Waals surface area contributed by atoms with Crippen molar-refractivity contribution in [2.24, 2.45) is 29.0 Å². The molecule has 0 bridgehead atoms. The lowest BCUT2D eigenvalue weighted by Gasteiger charge is -2.36. The Morgan fingerprint density at radius 1 is 1.25 bits per heavy atom. The number of primary amides is 1. The van der Waals surface area contributed by atoms with Gasteiger partial charge in [-0.2, -0.15) is 0 Å². The molecule has 7 unspecified atom stereocenters. The summed E-state index contributed by atoms with van der Waals surface area (Å²) < 4.78 is 15.1. The number of ketones is 1. The van der Waals surface area contributed by atoms with Gasteiger partial charge in [-0.15, -0.1) is 11.8 Å². The number of hydrogen-bond acceptors (Lipinski definition) is 13. The van der Waals surface area contributed by atoms with E-state index in [1.165, 1.54) is 12.8 Å². The van der Waals surface area contributed by atoms with Gasteiger partial charge in [-0.1, -0.05) is 18.4 Å². The molecule has 4 aliphatic heterocycles. The maximum atomic E-state index is 12.9. The summed E-state index contributed by atoms with van der Waals surface area (Å²) in [6.45, 7) is 3.95. The van der Waals surface area contributed by atoms with Crippen molar-refractivity contribution in [2.45, 2.75) is 79.3 Å². The van der Waals surface area contributed by atoms with Gasteiger partial charge < -0.3 is 37.3 Å². The van der Waals surface area contributed by atoms with E-state index in [0.717, 1.165) is 37.4 Å². The van der Waals surface area contributed by atoms with Gasteiger partial charge in [-0.25, -0.2) is 0 Å². The van der Waals surface area contributed by atoms with Crippen LogP contribution in [0.1, 0.15) is 32.1 Å². The maximum Gasteiger partial charge on any atom is 0.226 e. The molecule has 13 nitrogen and oxygen atoms in total. The van der Waals surface area contributed by atoms with Crippen LogP contribution in [0.3, 0.4) is 0 Å². The summed E-state index contributed by atoms with van der Waals surface area (Å²) in [5.74, 6) is -1.13. The Bertz CT molecular complexity index is 925. The van der Waals surface area contributed by atoms with Crippen molar-refractivity contribution in [3.8, 4) is 0 Å². The van der Waals surface area contributed by atoms with Crippen molar-refractivity contribution in [2.75, 3.05) is 39.6 Å². The van der Waals surface area contributed by atoms with Crippen molar-refractivity contribution >= 4 is 35.4 Å². The second-order valence-electron chi connectivity index (χ2n) is 11.4. The minimum Gasteiger partial charge on any atom is -0.378 e. The Labute approximate surface area is 244 Å². The molecule has 40 heavy (non-hydrogen) atoms. The average Bonchev–Trinajstić information content (AvgIpc) is 3.57. The molecule has 15 heteroatoms. The summed E-state index contributed by atoms with van der Waals surface area (Å²) in [5, 5.41) is 11.5. The molecule has 0 aromatic carbocycles. The van der Waals surface area contributed by atoms with Crippen LogP contribution < -0.4 is 43.6 Å². The third-order valence-electron chi connectivity index (χ3n) is 8.72. The van der Waals surface area contributed by atoms with E-state index in [4.69, 9.17) is 26.7 Å². The van der Waals surface area contributed by atoms with Crippen molar-refractivity contribution in [1.82, 2.24) is 25.6 Å². The fraction of sp³-hybridized carbons (Fsp3) is 0.840. The van der Waals surface area contributed by atoms with Crippen LogP contribution in [0.25, 0.3) is 0 Å². The monoisotopic (exact) mass is 600 g/mol. The highest BCUT2D eigenvalue weighted by Crippen LogP contribution is 2.44. The number of hydrogen-bond donors (Lipinski definition) is 8. The number of nitrogens with zero attached hydrogens (tertiary/aromatic N) is 1. The van der Waals surface area contributed by atoms with Crippen LogP contribution in [0.2, 0.25) is 0 Å². The Balaban J connectivity index is 1.19. The zero-order chi connectivity index (χ0) is 28.2. The second-order valence-corrected chi connectivity index (χ2v) is 13.7. The van der Waals surface area contributed by atoms with Gasteiger partial charge in [0.25, 0.3) is 0 Å². The highest BCUT2D eigenvalue weighted by molar-refractivity contribution is 8.03. The molecule has 3 saturated heterocycles. The summed E-state index contributed by atoms with van der Waals surface area (Å²) in [6.07, 6.45) is 5.30. The highest BCUT2D eigenvalue weighted by Gasteiger charge is 2.49. The highest BCUT2D eigenvalue weighted by atomic mass is 32.2. The number of ether oxygens (including phenoxy) is 2. The number of carbonyl (C=O) groups excluding carboxylic acids is 2. The molecule has 0 radical (unpaired) electrons. The predicted octanol–water partition coefficient (Wildman–Crippen LogP) is -2.85. The Kier molecular flexibility index (Phi) is 10.7. The fourth-order valence-electron chi connectivity index (χ4n) is 6.40. The number of amides is 1. The molecule has 13 N–H and O–H groups in total. The summed E-state index contributed by atoms with van der Waals surface area (Å²) in [7, 11) is 0. The first-order valence-corrected chi connectivity index (χ1v) is 16.2. The third kappa shape index (κ3) is 7.14. The summed E-state index contributed by atoms with van der Waals surface area (Å²) in [5.41, 5.74) is 22.0. The van der Waals surface area contributed by atoms with Crippen LogP contribution in [-0.2, 0) is 19.1 Å². The van der Waals surface area contributed by atoms with E-state index in [2.05, 4.69) is 31.3 Å². The van der Waals surface area contributed by atoms with Crippen LogP contribution in [0.5, 0.6) is 0 Å². The number of nitrogens with one attached hydrogen (secondary N) is 4. The summed E-state index contributed by atoms with van der Waals surface area (Å²) in [4.78, 5) is 27.5. The number of carbonyl (C=O) groups is 2. The number of quaternary nitrogens is 1. The quantitative estimate of drug-likeness (QED) is 0.0888. The van der Waals surface area contributed by atoms with E-state index in [-0.39, 0.29) is 28.4 Å². The van der Waals surface area contributed by atoms with Gasteiger partial charge in [-0.3, -0.25) is 30.3 Å². The smallest absolute Gasteiger partial charge is 0.226 e. The summed E-state index contributed by atoms with van der Waals surface area (Å²) >= 11 is 3.34. The van der Waals surface area contributed by atoms with Gasteiger partial charge in [-0.05, 0) is 19.3 Å². The third-order valence-corrected chi connectivity index (χ3v) is 11.3. The lowest BCUT2D eigenvalue weighted by molar-refractivity contribution is -0.431. The van der Waals surface area contributed by atoms with Gasteiger partial charge in [0.15, 0.2) is 5.78 Å². The van der Waals surface area contributed by atoms with Crippen LogP contribution in [0, 0.1) is 11.8 Å². The minimum atomic E-state index is -0.910. The molecule has 1 saturated carbocycles. The van der Waals surface area contributed by atoms with E-state index >= 15 is 0 Å². The van der Waals surface area contributed by atoms with Crippen molar-refractivity contribution in [3.63, 3.8) is 0 Å². The molecular weight excluding hydrogens is 554 g/mol. The van der Waals surface area contributed by atoms with Crippen LogP contribution in [-0.4, -0.2) is 103 Å². The molecule has 0 spiro atoms. The van der Waals surface area contributed by atoms with E-state index < -0.39 is 30.3 Å². The topological polar surface area (TPSA) is 210 Å². The predicted molar refractivity (Wildman–Crippen MR) is 155 cm³/mol. The van der Waals surface area contributed by atoms with Crippen LogP contribution >= 0.6 is 23.7 Å². The molecule has 226 valence electrons. The van der Waals surface area contributed by atoms with Gasteiger partial charge >= 0.3 is 0 Å². The first kappa shape index (κ1) is 30.5. The standard InChI is InChI=1S/C25H45N9O4S2/c26-14-3-1-2-4-15(14)30-12-31-25(20(23(27)28)24(29)36)32-18-9-16(33-40-18)13-11-38-21-17(35)10-19(39-22(13)21)34-5-7-37-8-6-34/h10,13-16,18,20-23,25,30-33H,1-9,11-12,26-28H2,(H2,29,36)/p+1/t13?,14-,15+,16?,18?,20?,21?,22?,25?/m1/s1. The molecule has 1 amide bonds. The molecule has 9 atom stereocenters. The van der Waals surface area contributed by atoms with E-state index in [1.54, 1.807) is 29.8 Å². The molecule has 5 aliphatic rings. The molecule has 4 heterocycles. The number of thioether (sulfide) groups is 1. The SMILES string of the molecule is NC(=O)C(C(N)N)C(NCN[C@H]1CCCC[C@H]1[NH3+])NC1CC(C2COC3C(=O)C=C(N4CCOCC4)SC32)NS1. The van der Waals surface area contributed by atoms with E-state index in [9.17, 15) is 9.59 Å². The second kappa shape index (κ2) is 14.0. The van der Waals surface area contributed by atoms with Crippen molar-refractivity contribution < 1.29 is 24.8 Å². The van der Waals surface area contributed by atoms with Gasteiger partial charge in [0.05, 0.1) is 65.8 Å². The first-order valence-electron chi connectivity index (χ1n) is 14.5. The fourth-order valence-corrected chi connectivity index (χ4v) is 9.10. The average molecular weight is 601 g/mol. The van der Waals surface area contributed by atoms with E-state index in [0.29, 0.717) is 38.6 Å². The van der Waals surface area contributed by atoms with Gasteiger partial charge in [0.2, 0.25) is 5.91 Å². The molecule has 0 aromatic rings. The Hall–Kier alpha value is -0.980. The largest absolute Gasteiger partial charge is 0.378 e. The molecule has 5 rings (SSSR count). The first-order chi connectivity index (χ1) is 19.3. The molecular formula is C25H46N9O4S2+. The molecule has 4 fully saturated rings. The lowest BCUT2D eigenvalue weighted by atomic mass is 9.91. The number of nitrogens with two attached hydrogens (primary N) is 3. The molecule has 1 aliphatic carbocycles.